The van der Waals surface area contributed by atoms with Crippen molar-refractivity contribution < 1.29 is 40.1 Å². The van der Waals surface area contributed by atoms with Gasteiger partial charge in [-0.1, -0.05) is 72.8 Å². The van der Waals surface area contributed by atoms with Crippen LogP contribution in [0.3, 0.4) is 0 Å². The second-order valence-corrected chi connectivity index (χ2v) is 11.6. The van der Waals surface area contributed by atoms with Gasteiger partial charge in [-0.15, -0.1) is 0 Å². The lowest BCUT2D eigenvalue weighted by molar-refractivity contribution is -0.168. The van der Waals surface area contributed by atoms with Gasteiger partial charge in [0.1, 0.15) is 0 Å². The highest BCUT2D eigenvalue weighted by Gasteiger charge is 2.61. The van der Waals surface area contributed by atoms with Gasteiger partial charge in [-0.05, 0) is 48.5 Å². The average molecular weight is 593 g/mol. The van der Waals surface area contributed by atoms with Crippen LogP contribution < -0.4 is 0 Å². The van der Waals surface area contributed by atoms with Crippen molar-refractivity contribution in [3.05, 3.63) is 127 Å². The van der Waals surface area contributed by atoms with Crippen molar-refractivity contribution in [2.75, 3.05) is 6.61 Å². The molecule has 0 radical (unpaired) electrons. The van der Waals surface area contributed by atoms with Gasteiger partial charge in [-0.2, -0.15) is 17.6 Å². The Labute approximate surface area is 232 Å². The van der Waals surface area contributed by atoms with E-state index in [-0.39, 0.29) is 16.5 Å². The first-order valence-electron chi connectivity index (χ1n) is 11.8. The zero-order valence-electron chi connectivity index (χ0n) is 20.8. The number of halogens is 4. The molecule has 0 fully saturated rings. The predicted octanol–water partition coefficient (Wildman–Crippen LogP) is 6.79. The van der Waals surface area contributed by atoms with Crippen molar-refractivity contribution in [3.8, 4) is 0 Å². The molecule has 0 saturated heterocycles. The molecule has 0 atom stereocenters. The van der Waals surface area contributed by atoms with Crippen LogP contribution in [0.5, 0.6) is 0 Å². The van der Waals surface area contributed by atoms with E-state index in [1.165, 1.54) is 39.0 Å². The zero-order valence-corrected chi connectivity index (χ0v) is 22.5. The van der Waals surface area contributed by atoms with E-state index in [2.05, 4.69) is 95.7 Å². The quantitative estimate of drug-likeness (QED) is 0.0925. The van der Waals surface area contributed by atoms with Gasteiger partial charge in [-0.3, -0.25) is 0 Å². The van der Waals surface area contributed by atoms with E-state index < -0.39 is 40.3 Å². The molecule has 0 spiro atoms. The molecule has 0 N–H and O–H groups in total. The lowest BCUT2D eigenvalue weighted by atomic mass is 10.2. The molecule has 0 amide bonds. The smallest absolute Gasteiger partial charge is 0.396 e. The van der Waals surface area contributed by atoms with Crippen LogP contribution in [0.1, 0.15) is 16.8 Å². The SMILES string of the molecule is O=C(OCCC(F)(F)C(F)(F)S(=O)(=O)[O-])c1ccccc1.c1ccc([S+](c2ccccc2)c2ccccc2)cc1. The van der Waals surface area contributed by atoms with Gasteiger partial charge in [0, 0.05) is 0 Å². The Morgan fingerprint density at radius 3 is 1.38 bits per heavy atom. The summed E-state index contributed by atoms with van der Waals surface area (Å²) in [6.45, 7) is -1.17. The van der Waals surface area contributed by atoms with Crippen LogP contribution in [0, 0.1) is 0 Å². The minimum atomic E-state index is -6.54. The van der Waals surface area contributed by atoms with E-state index in [1.54, 1.807) is 6.07 Å². The van der Waals surface area contributed by atoms with Gasteiger partial charge >= 0.3 is 17.1 Å². The second kappa shape index (κ2) is 13.6. The number of rotatable bonds is 9. The molecule has 5 nitrogen and oxygen atoms in total. The summed E-state index contributed by atoms with van der Waals surface area (Å²) in [5.41, 5.74) is 0.00372. The summed E-state index contributed by atoms with van der Waals surface area (Å²) in [6.07, 6.45) is -1.81. The average Bonchev–Trinajstić information content (AvgIpc) is 2.95. The molecule has 0 bridgehead atoms. The van der Waals surface area contributed by atoms with E-state index in [0.717, 1.165) is 0 Å². The van der Waals surface area contributed by atoms with Crippen LogP contribution in [0.2, 0.25) is 0 Å². The molecule has 0 unspecified atom stereocenters. The Balaban J connectivity index is 0.000000221. The Kier molecular flexibility index (Phi) is 10.5. The van der Waals surface area contributed by atoms with Crippen LogP contribution >= 0.6 is 0 Å². The summed E-state index contributed by atoms with van der Waals surface area (Å²) < 4.78 is 86.3. The number of esters is 1. The molecule has 0 heterocycles. The molecule has 40 heavy (non-hydrogen) atoms. The molecule has 0 aliphatic heterocycles. The van der Waals surface area contributed by atoms with E-state index in [0.29, 0.717) is 0 Å². The van der Waals surface area contributed by atoms with Gasteiger partial charge in [-0.25, -0.2) is 13.2 Å². The maximum absolute atomic E-state index is 13.0. The summed E-state index contributed by atoms with van der Waals surface area (Å²) in [7, 11) is -6.55. The summed E-state index contributed by atoms with van der Waals surface area (Å²) in [6, 6.07) is 39.3. The normalized spacial score (nSPS) is 11.8. The number of ether oxygens (including phenoxy) is 1. The van der Waals surface area contributed by atoms with Crippen LogP contribution in [0.15, 0.2) is 136 Å². The van der Waals surface area contributed by atoms with E-state index >= 15 is 0 Å². The Morgan fingerprint density at radius 2 is 1.02 bits per heavy atom. The third kappa shape index (κ3) is 7.93. The topological polar surface area (TPSA) is 83.5 Å². The zero-order chi connectivity index (χ0) is 29.2. The maximum Gasteiger partial charge on any atom is 0.396 e. The van der Waals surface area contributed by atoms with Crippen molar-refractivity contribution in [2.45, 2.75) is 32.3 Å². The van der Waals surface area contributed by atoms with Gasteiger partial charge in [0.05, 0.1) is 29.5 Å². The monoisotopic (exact) mass is 592 g/mol. The van der Waals surface area contributed by atoms with Crippen molar-refractivity contribution in [3.63, 3.8) is 0 Å². The van der Waals surface area contributed by atoms with E-state index in [1.807, 2.05) is 0 Å². The molecule has 0 aliphatic rings. The van der Waals surface area contributed by atoms with Crippen molar-refractivity contribution in [2.24, 2.45) is 0 Å². The van der Waals surface area contributed by atoms with E-state index in [4.69, 9.17) is 0 Å². The molecule has 4 aromatic carbocycles. The number of carbonyl (C=O) groups excluding carboxylic acids is 1. The molecule has 210 valence electrons. The first-order valence-corrected chi connectivity index (χ1v) is 14.4. The maximum atomic E-state index is 13.0. The van der Waals surface area contributed by atoms with Crippen molar-refractivity contribution in [1.82, 2.24) is 0 Å². The number of hydrogen-bond acceptors (Lipinski definition) is 5. The molecule has 11 heteroatoms. The highest BCUT2D eigenvalue weighted by atomic mass is 32.2. The fourth-order valence-electron chi connectivity index (χ4n) is 3.34. The standard InChI is InChI=1S/C18H15S.C11H10F4O5S/c1-4-10-16(11-5-1)19(17-12-6-2-7-13-17)18-14-8-3-9-15-18;12-10(13,11(14,15)21(17,18)19)6-7-20-9(16)8-4-2-1-3-5-8/h1-15H;1-5H,6-7H2,(H,17,18,19)/q+1;/p-1. The van der Waals surface area contributed by atoms with Gasteiger partial charge in [0.15, 0.2) is 24.8 Å². The predicted molar refractivity (Wildman–Crippen MR) is 142 cm³/mol. The lowest BCUT2D eigenvalue weighted by Gasteiger charge is -2.28. The highest BCUT2D eigenvalue weighted by Crippen LogP contribution is 2.40. The first kappa shape index (κ1) is 30.9. The minimum absolute atomic E-state index is 0.00372. The number of hydrogen-bond donors (Lipinski definition) is 0. The lowest BCUT2D eigenvalue weighted by Crippen LogP contribution is -2.47. The van der Waals surface area contributed by atoms with Gasteiger partial charge in [0.2, 0.25) is 0 Å². The van der Waals surface area contributed by atoms with Gasteiger partial charge < -0.3 is 9.29 Å². The van der Waals surface area contributed by atoms with Crippen LogP contribution in [-0.4, -0.2) is 36.7 Å². The van der Waals surface area contributed by atoms with Crippen LogP contribution in [0.25, 0.3) is 0 Å². The van der Waals surface area contributed by atoms with Gasteiger partial charge in [0.25, 0.3) is 0 Å². The van der Waals surface area contributed by atoms with Crippen molar-refractivity contribution in [1.29, 1.82) is 0 Å². The summed E-state index contributed by atoms with van der Waals surface area (Å²) in [5.74, 6) is -6.19. The highest BCUT2D eigenvalue weighted by molar-refractivity contribution is 7.97. The Hall–Kier alpha value is -3.67. The molecule has 0 aromatic heterocycles. The fourth-order valence-corrected chi connectivity index (χ4v) is 5.91. The first-order chi connectivity index (χ1) is 18.9. The summed E-state index contributed by atoms with van der Waals surface area (Å²) >= 11 is 0. The summed E-state index contributed by atoms with van der Waals surface area (Å²) in [4.78, 5) is 15.4. The van der Waals surface area contributed by atoms with E-state index in [9.17, 15) is 35.3 Å². The fraction of sp³-hybridized carbons (Fsp3) is 0.138. The number of benzene rings is 4. The molecule has 4 rings (SSSR count). The molecule has 0 saturated carbocycles. The molecular formula is C29H24F4O5S2. The largest absolute Gasteiger partial charge is 0.743 e. The summed E-state index contributed by atoms with van der Waals surface area (Å²) in [5, 5.41) is -5.78. The minimum Gasteiger partial charge on any atom is -0.743 e. The van der Waals surface area contributed by atoms with Crippen molar-refractivity contribution >= 4 is 27.0 Å². The van der Waals surface area contributed by atoms with Crippen LogP contribution in [-0.2, 0) is 25.7 Å². The number of alkyl halides is 4. The third-order valence-electron chi connectivity index (χ3n) is 5.34. The molecular weight excluding hydrogens is 568 g/mol. The Morgan fingerprint density at radius 1 is 0.675 bits per heavy atom. The molecule has 0 aliphatic carbocycles. The second-order valence-electron chi connectivity index (χ2n) is 8.17. The number of carbonyl (C=O) groups is 1. The molecule has 4 aromatic rings. The Bertz CT molecular complexity index is 1360. The third-order valence-corrected chi connectivity index (χ3v) is 8.49. The van der Waals surface area contributed by atoms with Crippen LogP contribution in [0.4, 0.5) is 17.6 Å².